The number of ether oxygens (including phenoxy) is 1. The van der Waals surface area contributed by atoms with Gasteiger partial charge in [-0.05, 0) is 18.8 Å². The average molecular weight is 279 g/mol. The second-order valence-electron chi connectivity index (χ2n) is 6.18. The second-order valence-corrected chi connectivity index (χ2v) is 8.22. The van der Waals surface area contributed by atoms with Crippen LogP contribution >= 0.6 is 0 Å². The van der Waals surface area contributed by atoms with Crippen molar-refractivity contribution in [2.75, 3.05) is 25.5 Å². The van der Waals surface area contributed by atoms with E-state index in [-0.39, 0.29) is 30.4 Å². The fraction of sp³-hybridized carbons (Fsp3) is 1.00. The van der Waals surface area contributed by atoms with Crippen LogP contribution in [-0.2, 0) is 14.8 Å². The molecule has 0 amide bonds. The van der Waals surface area contributed by atoms with Gasteiger partial charge in [-0.2, -0.15) is 4.31 Å². The Morgan fingerprint density at radius 2 is 2.00 bits per heavy atom. The molecule has 0 aromatic carbocycles. The molecule has 1 fully saturated rings. The normalized spacial score (nSPS) is 27.4. The summed E-state index contributed by atoms with van der Waals surface area (Å²) in [4.78, 5) is 0. The van der Waals surface area contributed by atoms with Crippen LogP contribution in [0.15, 0.2) is 0 Å². The maximum atomic E-state index is 12.3. The lowest BCUT2D eigenvalue weighted by Crippen LogP contribution is -2.52. The molecule has 6 heteroatoms. The van der Waals surface area contributed by atoms with E-state index in [0.29, 0.717) is 13.0 Å². The monoisotopic (exact) mass is 279 g/mol. The van der Waals surface area contributed by atoms with Crippen molar-refractivity contribution in [2.45, 2.75) is 46.3 Å². The Morgan fingerprint density at radius 3 is 2.50 bits per heavy atom. The largest absolute Gasteiger partial charge is 0.394 e. The number of hydrogen-bond donors (Lipinski definition) is 1. The summed E-state index contributed by atoms with van der Waals surface area (Å²) >= 11 is 0. The van der Waals surface area contributed by atoms with Gasteiger partial charge in [0, 0.05) is 12.6 Å². The number of sulfonamides is 1. The van der Waals surface area contributed by atoms with Crippen molar-refractivity contribution in [3.8, 4) is 0 Å². The van der Waals surface area contributed by atoms with Gasteiger partial charge in [-0.3, -0.25) is 0 Å². The Labute approximate surface area is 110 Å². The SMILES string of the molecule is CC1COC(CO)CN1S(=O)(=O)CCC(C)(C)C. The second kappa shape index (κ2) is 5.86. The van der Waals surface area contributed by atoms with Gasteiger partial charge >= 0.3 is 0 Å². The van der Waals surface area contributed by atoms with E-state index in [4.69, 9.17) is 9.84 Å². The number of hydrogen-bond acceptors (Lipinski definition) is 4. The lowest BCUT2D eigenvalue weighted by atomic mass is 9.94. The molecule has 0 aromatic rings. The zero-order valence-electron chi connectivity index (χ0n) is 11.7. The number of morpholine rings is 1. The van der Waals surface area contributed by atoms with Crippen LogP contribution < -0.4 is 0 Å². The van der Waals surface area contributed by atoms with E-state index in [0.717, 1.165) is 0 Å². The lowest BCUT2D eigenvalue weighted by molar-refractivity contribution is -0.0516. The molecule has 18 heavy (non-hydrogen) atoms. The Morgan fingerprint density at radius 1 is 1.39 bits per heavy atom. The summed E-state index contributed by atoms with van der Waals surface area (Å²) in [5.41, 5.74) is -0.00102. The minimum Gasteiger partial charge on any atom is -0.394 e. The first-order chi connectivity index (χ1) is 8.15. The third-order valence-corrected chi connectivity index (χ3v) is 5.06. The zero-order valence-corrected chi connectivity index (χ0v) is 12.5. The van der Waals surface area contributed by atoms with E-state index in [2.05, 4.69) is 0 Å². The Kier molecular flexibility index (Phi) is 5.17. The average Bonchev–Trinajstić information content (AvgIpc) is 2.26. The van der Waals surface area contributed by atoms with Gasteiger partial charge in [-0.15, -0.1) is 0 Å². The Hall–Kier alpha value is -0.170. The summed E-state index contributed by atoms with van der Waals surface area (Å²) in [5.74, 6) is 0.152. The fourth-order valence-corrected chi connectivity index (χ4v) is 3.95. The van der Waals surface area contributed by atoms with Gasteiger partial charge in [-0.25, -0.2) is 8.42 Å². The van der Waals surface area contributed by atoms with Crippen molar-refractivity contribution in [3.05, 3.63) is 0 Å². The molecule has 0 aliphatic carbocycles. The van der Waals surface area contributed by atoms with Crippen molar-refractivity contribution >= 4 is 10.0 Å². The smallest absolute Gasteiger partial charge is 0.214 e. The van der Waals surface area contributed by atoms with Crippen LogP contribution in [0.4, 0.5) is 0 Å². The standard InChI is InChI=1S/C12H25NO4S/c1-10-9-17-11(8-14)7-13(10)18(15,16)6-5-12(2,3)4/h10-11,14H,5-9H2,1-4H3. The van der Waals surface area contributed by atoms with Crippen LogP contribution in [0.1, 0.15) is 34.1 Å². The number of aliphatic hydroxyl groups is 1. The van der Waals surface area contributed by atoms with Gasteiger partial charge in [0.1, 0.15) is 0 Å². The molecule has 1 aliphatic heterocycles. The lowest BCUT2D eigenvalue weighted by Gasteiger charge is -2.36. The van der Waals surface area contributed by atoms with Crippen LogP contribution in [0, 0.1) is 5.41 Å². The van der Waals surface area contributed by atoms with Gasteiger partial charge in [0.15, 0.2) is 0 Å². The molecule has 1 rings (SSSR count). The molecule has 1 saturated heterocycles. The van der Waals surface area contributed by atoms with E-state index >= 15 is 0 Å². The third kappa shape index (κ3) is 4.50. The highest BCUT2D eigenvalue weighted by Crippen LogP contribution is 2.23. The Bertz CT molecular complexity index is 361. The maximum absolute atomic E-state index is 12.3. The number of rotatable bonds is 4. The highest BCUT2D eigenvalue weighted by Gasteiger charge is 2.34. The molecule has 1 aliphatic rings. The molecule has 1 heterocycles. The van der Waals surface area contributed by atoms with Gasteiger partial charge in [-0.1, -0.05) is 20.8 Å². The van der Waals surface area contributed by atoms with Crippen LogP contribution in [0.25, 0.3) is 0 Å². The van der Waals surface area contributed by atoms with Crippen molar-refractivity contribution < 1.29 is 18.3 Å². The minimum absolute atomic E-state index is 0.00102. The maximum Gasteiger partial charge on any atom is 0.214 e. The van der Waals surface area contributed by atoms with Crippen molar-refractivity contribution in [2.24, 2.45) is 5.41 Å². The van der Waals surface area contributed by atoms with Crippen molar-refractivity contribution in [1.29, 1.82) is 0 Å². The zero-order chi connectivity index (χ0) is 14.0. The molecule has 0 radical (unpaired) electrons. The minimum atomic E-state index is -3.27. The molecular weight excluding hydrogens is 254 g/mol. The molecule has 108 valence electrons. The molecular formula is C12H25NO4S. The fourth-order valence-electron chi connectivity index (χ4n) is 1.84. The van der Waals surface area contributed by atoms with Crippen molar-refractivity contribution in [3.63, 3.8) is 0 Å². The van der Waals surface area contributed by atoms with Crippen LogP contribution in [-0.4, -0.2) is 55.5 Å². The predicted octanol–water partition coefficient (Wildman–Crippen LogP) is 0.834. The van der Waals surface area contributed by atoms with E-state index in [9.17, 15) is 8.42 Å². The summed E-state index contributed by atoms with van der Waals surface area (Å²) in [6, 6.07) is -0.155. The molecule has 0 spiro atoms. The molecule has 0 aromatic heterocycles. The van der Waals surface area contributed by atoms with Crippen LogP contribution in [0.5, 0.6) is 0 Å². The Balaban J connectivity index is 2.70. The highest BCUT2D eigenvalue weighted by molar-refractivity contribution is 7.89. The molecule has 2 unspecified atom stereocenters. The molecule has 0 saturated carbocycles. The topological polar surface area (TPSA) is 66.8 Å². The summed E-state index contributed by atoms with van der Waals surface area (Å²) in [5, 5.41) is 9.07. The van der Waals surface area contributed by atoms with E-state index in [1.807, 2.05) is 27.7 Å². The molecule has 0 bridgehead atoms. The van der Waals surface area contributed by atoms with Gasteiger partial charge in [0.2, 0.25) is 10.0 Å². The molecule has 2 atom stereocenters. The summed E-state index contributed by atoms with van der Waals surface area (Å²) in [6.07, 6.45) is 0.231. The molecule has 5 nitrogen and oxygen atoms in total. The highest BCUT2D eigenvalue weighted by atomic mass is 32.2. The van der Waals surface area contributed by atoms with E-state index in [1.165, 1.54) is 4.31 Å². The quantitative estimate of drug-likeness (QED) is 0.828. The summed E-state index contributed by atoms with van der Waals surface area (Å²) < 4.78 is 31.4. The summed E-state index contributed by atoms with van der Waals surface area (Å²) in [6.45, 7) is 8.38. The first kappa shape index (κ1) is 15.9. The number of nitrogens with zero attached hydrogens (tertiary/aromatic N) is 1. The van der Waals surface area contributed by atoms with Gasteiger partial charge in [0.05, 0.1) is 25.1 Å². The van der Waals surface area contributed by atoms with E-state index in [1.54, 1.807) is 0 Å². The first-order valence-corrected chi connectivity index (χ1v) is 7.98. The third-order valence-electron chi connectivity index (χ3n) is 3.12. The van der Waals surface area contributed by atoms with Gasteiger partial charge < -0.3 is 9.84 Å². The molecule has 1 N–H and O–H groups in total. The van der Waals surface area contributed by atoms with Gasteiger partial charge in [0.25, 0.3) is 0 Å². The van der Waals surface area contributed by atoms with Crippen LogP contribution in [0.3, 0.4) is 0 Å². The number of aliphatic hydroxyl groups excluding tert-OH is 1. The van der Waals surface area contributed by atoms with E-state index < -0.39 is 16.1 Å². The predicted molar refractivity (Wildman–Crippen MR) is 70.9 cm³/mol. The van der Waals surface area contributed by atoms with Crippen LogP contribution in [0.2, 0.25) is 0 Å². The van der Waals surface area contributed by atoms with Crippen molar-refractivity contribution in [1.82, 2.24) is 4.31 Å². The summed E-state index contributed by atoms with van der Waals surface area (Å²) in [7, 11) is -3.27. The first-order valence-electron chi connectivity index (χ1n) is 6.38.